The molecule has 0 saturated carbocycles. The maximum Gasteiger partial charge on any atom is 0.191 e. The van der Waals surface area contributed by atoms with E-state index in [-0.39, 0.29) is 24.0 Å². The lowest BCUT2D eigenvalue weighted by Gasteiger charge is -2.35. The third kappa shape index (κ3) is 5.88. The molecule has 4 rings (SSSR count). The summed E-state index contributed by atoms with van der Waals surface area (Å²) in [6, 6.07) is 14.2. The lowest BCUT2D eigenvalue weighted by molar-refractivity contribution is 0.191. The van der Waals surface area contributed by atoms with Crippen LogP contribution in [0.15, 0.2) is 46.8 Å². The third-order valence-electron chi connectivity index (χ3n) is 6.23. The molecule has 1 aromatic carbocycles. The van der Waals surface area contributed by atoms with Crippen LogP contribution in [0.1, 0.15) is 30.9 Å². The van der Waals surface area contributed by atoms with Gasteiger partial charge in [0, 0.05) is 51.9 Å². The number of hydrogen-bond acceptors (Lipinski definition) is 4. The number of benzene rings is 1. The second kappa shape index (κ2) is 11.3. The van der Waals surface area contributed by atoms with Crippen LogP contribution in [-0.4, -0.2) is 56.2 Å². The van der Waals surface area contributed by atoms with Crippen LogP contribution in [0, 0.1) is 0 Å². The number of nitrogens with zero attached hydrogens (tertiary/aromatic N) is 3. The molecule has 30 heavy (non-hydrogen) atoms. The minimum absolute atomic E-state index is 0. The zero-order valence-corrected chi connectivity index (χ0v) is 21.2. The largest absolute Gasteiger partial charge is 0.363 e. The molecule has 2 aliphatic rings. The van der Waals surface area contributed by atoms with Crippen LogP contribution in [0.5, 0.6) is 0 Å². The van der Waals surface area contributed by atoms with E-state index in [1.54, 1.807) is 0 Å². The zero-order chi connectivity index (χ0) is 20.1. The van der Waals surface area contributed by atoms with Gasteiger partial charge in [-0.05, 0) is 54.8 Å². The molecule has 1 aromatic heterocycles. The first-order chi connectivity index (χ1) is 14.2. The molecule has 0 aliphatic carbocycles. The minimum atomic E-state index is 0. The molecule has 3 heterocycles. The van der Waals surface area contributed by atoms with Gasteiger partial charge in [0.25, 0.3) is 0 Å². The highest BCUT2D eigenvalue weighted by Crippen LogP contribution is 2.25. The Bertz CT molecular complexity index is 802. The van der Waals surface area contributed by atoms with Gasteiger partial charge >= 0.3 is 0 Å². The maximum atomic E-state index is 4.47. The van der Waals surface area contributed by atoms with E-state index in [1.807, 2.05) is 18.4 Å². The van der Waals surface area contributed by atoms with Gasteiger partial charge in [-0.2, -0.15) is 0 Å². The molecule has 2 aromatic rings. The summed E-state index contributed by atoms with van der Waals surface area (Å²) in [7, 11) is 1.87. The van der Waals surface area contributed by atoms with Gasteiger partial charge in [-0.25, -0.2) is 0 Å². The number of thiophene rings is 1. The van der Waals surface area contributed by atoms with Crippen molar-refractivity contribution in [1.29, 1.82) is 0 Å². The highest BCUT2D eigenvalue weighted by Gasteiger charge is 2.22. The van der Waals surface area contributed by atoms with Gasteiger partial charge in [-0.15, -0.1) is 35.3 Å². The fourth-order valence-corrected chi connectivity index (χ4v) is 5.13. The number of hydrogen-bond donors (Lipinski definition) is 2. The van der Waals surface area contributed by atoms with Crippen LogP contribution in [-0.2, 0) is 13.0 Å². The zero-order valence-electron chi connectivity index (χ0n) is 18.0. The number of halogens is 1. The maximum absolute atomic E-state index is 4.47. The normalized spacial score (nSPS) is 19.0. The topological polar surface area (TPSA) is 42.9 Å². The summed E-state index contributed by atoms with van der Waals surface area (Å²) in [4.78, 5) is 9.54. The third-order valence-corrected chi connectivity index (χ3v) is 7.15. The lowest BCUT2D eigenvalue weighted by Crippen LogP contribution is -2.51. The summed E-state index contributed by atoms with van der Waals surface area (Å²) in [6.07, 6.45) is 3.45. The van der Waals surface area contributed by atoms with Gasteiger partial charge in [0.05, 0.1) is 5.00 Å². The number of guanidine groups is 1. The Morgan fingerprint density at radius 3 is 2.60 bits per heavy atom. The van der Waals surface area contributed by atoms with E-state index in [0.717, 1.165) is 57.9 Å². The van der Waals surface area contributed by atoms with E-state index in [2.05, 4.69) is 74.1 Å². The fraction of sp³-hybridized carbons (Fsp3) is 0.522. The molecule has 0 spiro atoms. The molecule has 1 unspecified atom stereocenters. The van der Waals surface area contributed by atoms with Crippen molar-refractivity contribution in [2.75, 3.05) is 38.1 Å². The standard InChI is InChI=1S/C23H33N5S.HI/c1-18(28-12-9-19-6-3-4-7-20(19)17-28)16-25-23(24-2)26-21-10-13-27(14-11-21)22-8-5-15-29-22;/h3-8,15,18,21H,9-14,16-17H2,1-2H3,(H2,24,25,26);1H. The van der Waals surface area contributed by atoms with E-state index < -0.39 is 0 Å². The van der Waals surface area contributed by atoms with Crippen molar-refractivity contribution in [1.82, 2.24) is 15.5 Å². The van der Waals surface area contributed by atoms with Gasteiger partial charge in [-0.3, -0.25) is 9.89 Å². The molecule has 2 N–H and O–H groups in total. The van der Waals surface area contributed by atoms with Crippen LogP contribution in [0.4, 0.5) is 5.00 Å². The van der Waals surface area contributed by atoms with Crippen LogP contribution < -0.4 is 15.5 Å². The van der Waals surface area contributed by atoms with E-state index in [1.165, 1.54) is 16.1 Å². The Labute approximate surface area is 202 Å². The predicted octanol–water partition coefficient (Wildman–Crippen LogP) is 3.95. The Morgan fingerprint density at radius 2 is 1.90 bits per heavy atom. The van der Waals surface area contributed by atoms with Gasteiger partial charge < -0.3 is 15.5 Å². The number of piperidine rings is 1. The first-order valence-corrected chi connectivity index (χ1v) is 11.7. The van der Waals surface area contributed by atoms with Crippen molar-refractivity contribution in [3.63, 3.8) is 0 Å². The molecule has 164 valence electrons. The minimum Gasteiger partial charge on any atom is -0.363 e. The second-order valence-corrected chi connectivity index (χ2v) is 9.07. The molecule has 1 saturated heterocycles. The number of nitrogens with one attached hydrogen (secondary N) is 2. The number of rotatable bonds is 5. The predicted molar refractivity (Wildman–Crippen MR) is 139 cm³/mol. The molecule has 2 aliphatic heterocycles. The average Bonchev–Trinajstić information content (AvgIpc) is 3.31. The average molecular weight is 540 g/mol. The highest BCUT2D eigenvalue weighted by molar-refractivity contribution is 14.0. The molecule has 5 nitrogen and oxygen atoms in total. The van der Waals surface area contributed by atoms with Crippen molar-refractivity contribution < 1.29 is 0 Å². The summed E-state index contributed by atoms with van der Waals surface area (Å²) in [5.41, 5.74) is 2.99. The summed E-state index contributed by atoms with van der Waals surface area (Å²) in [5, 5.41) is 10.8. The van der Waals surface area contributed by atoms with E-state index >= 15 is 0 Å². The van der Waals surface area contributed by atoms with Gasteiger partial charge in [0.1, 0.15) is 0 Å². The molecular weight excluding hydrogens is 505 g/mol. The van der Waals surface area contributed by atoms with Gasteiger partial charge in [-0.1, -0.05) is 24.3 Å². The molecule has 1 fully saturated rings. The van der Waals surface area contributed by atoms with Crippen LogP contribution in [0.25, 0.3) is 0 Å². The summed E-state index contributed by atoms with van der Waals surface area (Å²) < 4.78 is 0. The number of aliphatic imine (C=N–C) groups is 1. The summed E-state index contributed by atoms with van der Waals surface area (Å²) >= 11 is 1.83. The van der Waals surface area contributed by atoms with E-state index in [4.69, 9.17) is 0 Å². The Hall–Kier alpha value is -1.32. The summed E-state index contributed by atoms with van der Waals surface area (Å²) in [6.45, 7) is 7.63. The molecule has 7 heteroatoms. The number of fused-ring (bicyclic) bond motifs is 1. The van der Waals surface area contributed by atoms with E-state index in [0.29, 0.717) is 12.1 Å². The lowest BCUT2D eigenvalue weighted by atomic mass is 9.99. The summed E-state index contributed by atoms with van der Waals surface area (Å²) in [5.74, 6) is 0.934. The Morgan fingerprint density at radius 1 is 1.13 bits per heavy atom. The van der Waals surface area contributed by atoms with Crippen molar-refractivity contribution in [3.8, 4) is 0 Å². The first kappa shape index (κ1) is 23.3. The van der Waals surface area contributed by atoms with Crippen molar-refractivity contribution in [3.05, 3.63) is 52.9 Å². The van der Waals surface area contributed by atoms with Crippen molar-refractivity contribution in [2.45, 2.75) is 44.8 Å². The molecule has 1 atom stereocenters. The smallest absolute Gasteiger partial charge is 0.191 e. The van der Waals surface area contributed by atoms with E-state index in [9.17, 15) is 0 Å². The van der Waals surface area contributed by atoms with Crippen molar-refractivity contribution >= 4 is 46.3 Å². The van der Waals surface area contributed by atoms with Crippen LogP contribution in [0.2, 0.25) is 0 Å². The molecular formula is C23H34IN5S. The van der Waals surface area contributed by atoms with Crippen LogP contribution >= 0.6 is 35.3 Å². The van der Waals surface area contributed by atoms with Crippen molar-refractivity contribution in [2.24, 2.45) is 4.99 Å². The molecule has 0 amide bonds. The first-order valence-electron chi connectivity index (χ1n) is 10.8. The van der Waals surface area contributed by atoms with Gasteiger partial charge in [0.2, 0.25) is 0 Å². The SMILES string of the molecule is CN=C(NCC(C)N1CCc2ccccc2C1)NC1CCN(c2cccs2)CC1.I. The van der Waals surface area contributed by atoms with Gasteiger partial charge in [0.15, 0.2) is 5.96 Å². The highest BCUT2D eigenvalue weighted by atomic mass is 127. The Balaban J connectivity index is 0.00000256. The quantitative estimate of drug-likeness (QED) is 0.343. The van der Waals surface area contributed by atoms with Crippen LogP contribution in [0.3, 0.4) is 0 Å². The fourth-order valence-electron chi connectivity index (χ4n) is 4.35. The monoisotopic (exact) mass is 539 g/mol. The Kier molecular flexibility index (Phi) is 8.83. The number of anilines is 1. The molecule has 0 radical (unpaired) electrons. The molecule has 0 bridgehead atoms. The second-order valence-electron chi connectivity index (χ2n) is 8.15.